The summed E-state index contributed by atoms with van der Waals surface area (Å²) in [7, 11) is 1.36. The Morgan fingerprint density at radius 3 is 2.37 bits per heavy atom. The third-order valence-electron chi connectivity index (χ3n) is 3.70. The average molecular weight is 363 g/mol. The smallest absolute Gasteiger partial charge is 0.337 e. The summed E-state index contributed by atoms with van der Waals surface area (Å²) in [6.07, 6.45) is 3.46. The van der Waals surface area contributed by atoms with Crippen LogP contribution in [0.5, 0.6) is 0 Å². The molecule has 0 spiro atoms. The lowest BCUT2D eigenvalue weighted by Crippen LogP contribution is -2.13. The van der Waals surface area contributed by atoms with E-state index in [1.165, 1.54) is 7.11 Å². The third-order valence-corrected chi connectivity index (χ3v) is 3.70. The number of carbonyl (C=O) groups excluding carboxylic acids is 1. The van der Waals surface area contributed by atoms with Gasteiger partial charge in [0.1, 0.15) is 5.82 Å². The van der Waals surface area contributed by atoms with Crippen LogP contribution in [-0.4, -0.2) is 34.1 Å². The molecular formula is C20H21N5O2. The van der Waals surface area contributed by atoms with Crippen molar-refractivity contribution >= 4 is 23.4 Å². The quantitative estimate of drug-likeness (QED) is 0.642. The number of carbonyl (C=O) groups is 1. The van der Waals surface area contributed by atoms with Gasteiger partial charge in [0, 0.05) is 35.8 Å². The first-order chi connectivity index (χ1) is 13.0. The molecule has 2 N–H and O–H groups in total. The van der Waals surface area contributed by atoms with Gasteiger partial charge in [-0.2, -0.15) is 4.98 Å². The van der Waals surface area contributed by atoms with Crippen LogP contribution < -0.4 is 10.6 Å². The van der Waals surface area contributed by atoms with Crippen LogP contribution in [0.15, 0.2) is 54.9 Å². The zero-order chi connectivity index (χ0) is 19.2. The standard InChI is InChI=1S/C20H21N5O2/c1-13(2)22-20-24-17(14-8-10-21-11-9-14)12-18(25-20)23-16-6-4-15(5-7-16)19(26)27-3/h4-13H,1-3H3,(H2,22,23,24,25). The Morgan fingerprint density at radius 2 is 1.74 bits per heavy atom. The number of nitrogens with zero attached hydrogens (tertiary/aromatic N) is 3. The molecule has 2 heterocycles. The molecule has 0 aliphatic rings. The number of nitrogens with one attached hydrogen (secondary N) is 2. The van der Waals surface area contributed by atoms with Crippen molar-refractivity contribution in [2.24, 2.45) is 0 Å². The second kappa shape index (κ2) is 8.27. The van der Waals surface area contributed by atoms with E-state index in [4.69, 9.17) is 4.74 Å². The molecule has 7 nitrogen and oxygen atoms in total. The van der Waals surface area contributed by atoms with Gasteiger partial charge in [0.05, 0.1) is 18.4 Å². The first kappa shape index (κ1) is 18.3. The Morgan fingerprint density at radius 1 is 1.04 bits per heavy atom. The molecule has 0 aliphatic heterocycles. The molecule has 0 aliphatic carbocycles. The van der Waals surface area contributed by atoms with E-state index in [0.717, 1.165) is 16.9 Å². The van der Waals surface area contributed by atoms with Crippen molar-refractivity contribution in [3.05, 3.63) is 60.4 Å². The molecule has 3 aromatic rings. The van der Waals surface area contributed by atoms with Crippen molar-refractivity contribution in [1.29, 1.82) is 0 Å². The largest absolute Gasteiger partial charge is 0.465 e. The molecular weight excluding hydrogens is 342 g/mol. The summed E-state index contributed by atoms with van der Waals surface area (Å²) < 4.78 is 4.72. The van der Waals surface area contributed by atoms with Crippen LogP contribution in [0.3, 0.4) is 0 Å². The Balaban J connectivity index is 1.90. The van der Waals surface area contributed by atoms with Gasteiger partial charge in [0.2, 0.25) is 5.95 Å². The lowest BCUT2D eigenvalue weighted by atomic mass is 10.2. The zero-order valence-corrected chi connectivity index (χ0v) is 15.4. The molecule has 0 saturated carbocycles. The van der Waals surface area contributed by atoms with E-state index < -0.39 is 0 Å². The second-order valence-electron chi connectivity index (χ2n) is 6.19. The molecule has 0 fully saturated rings. The fraction of sp³-hybridized carbons (Fsp3) is 0.200. The highest BCUT2D eigenvalue weighted by Gasteiger charge is 2.09. The van der Waals surface area contributed by atoms with Gasteiger partial charge >= 0.3 is 5.97 Å². The normalized spacial score (nSPS) is 10.5. The van der Waals surface area contributed by atoms with Crippen LogP contribution in [0.1, 0.15) is 24.2 Å². The van der Waals surface area contributed by atoms with Gasteiger partial charge in [-0.15, -0.1) is 0 Å². The molecule has 1 aromatic carbocycles. The summed E-state index contributed by atoms with van der Waals surface area (Å²) in [5.41, 5.74) is 3.02. The molecule has 27 heavy (non-hydrogen) atoms. The minimum atomic E-state index is -0.369. The molecule has 0 amide bonds. The number of anilines is 3. The van der Waals surface area contributed by atoms with Crippen molar-refractivity contribution in [3.63, 3.8) is 0 Å². The summed E-state index contributed by atoms with van der Waals surface area (Å²) in [6, 6.07) is 12.9. The van der Waals surface area contributed by atoms with Gasteiger partial charge in [-0.3, -0.25) is 4.98 Å². The van der Waals surface area contributed by atoms with Crippen LogP contribution in [0, 0.1) is 0 Å². The predicted octanol–water partition coefficient (Wildman–Crippen LogP) is 3.89. The van der Waals surface area contributed by atoms with Crippen LogP contribution in [-0.2, 0) is 4.74 Å². The molecule has 0 bridgehead atoms. The monoisotopic (exact) mass is 363 g/mol. The maximum Gasteiger partial charge on any atom is 0.337 e. The van der Waals surface area contributed by atoms with Crippen LogP contribution >= 0.6 is 0 Å². The summed E-state index contributed by atoms with van der Waals surface area (Å²) in [5, 5.41) is 6.49. The topological polar surface area (TPSA) is 89.0 Å². The summed E-state index contributed by atoms with van der Waals surface area (Å²) in [6.45, 7) is 4.06. The predicted molar refractivity (Wildman–Crippen MR) is 105 cm³/mol. The summed E-state index contributed by atoms with van der Waals surface area (Å²) in [5.74, 6) is 0.811. The fourth-order valence-electron chi connectivity index (χ4n) is 2.46. The summed E-state index contributed by atoms with van der Waals surface area (Å²) in [4.78, 5) is 24.7. The number of pyridine rings is 1. The molecule has 7 heteroatoms. The molecule has 0 atom stereocenters. The van der Waals surface area contributed by atoms with Crippen molar-refractivity contribution in [1.82, 2.24) is 15.0 Å². The Labute approximate surface area is 157 Å². The lowest BCUT2D eigenvalue weighted by molar-refractivity contribution is 0.0601. The van der Waals surface area contributed by atoms with Gasteiger partial charge in [-0.25, -0.2) is 9.78 Å². The second-order valence-corrected chi connectivity index (χ2v) is 6.19. The van der Waals surface area contributed by atoms with Gasteiger partial charge < -0.3 is 15.4 Å². The van der Waals surface area contributed by atoms with Gasteiger partial charge in [-0.1, -0.05) is 0 Å². The maximum atomic E-state index is 11.6. The van der Waals surface area contributed by atoms with Crippen molar-refractivity contribution in [2.45, 2.75) is 19.9 Å². The highest BCUT2D eigenvalue weighted by Crippen LogP contribution is 2.23. The van der Waals surface area contributed by atoms with E-state index in [1.807, 2.05) is 32.0 Å². The van der Waals surface area contributed by atoms with E-state index >= 15 is 0 Å². The number of rotatable bonds is 6. The molecule has 3 rings (SSSR count). The molecule has 0 saturated heterocycles. The molecule has 0 radical (unpaired) electrons. The van der Waals surface area contributed by atoms with E-state index in [1.54, 1.807) is 36.7 Å². The van der Waals surface area contributed by atoms with Crippen LogP contribution in [0.2, 0.25) is 0 Å². The number of hydrogen-bond donors (Lipinski definition) is 2. The maximum absolute atomic E-state index is 11.6. The Hall–Kier alpha value is -3.48. The Bertz CT molecular complexity index is 911. The van der Waals surface area contributed by atoms with E-state index in [0.29, 0.717) is 17.3 Å². The number of ether oxygens (including phenoxy) is 1. The van der Waals surface area contributed by atoms with Gasteiger partial charge in [0.15, 0.2) is 0 Å². The minimum absolute atomic E-state index is 0.199. The number of aromatic nitrogens is 3. The van der Waals surface area contributed by atoms with Gasteiger partial charge in [0.25, 0.3) is 0 Å². The SMILES string of the molecule is COC(=O)c1ccc(Nc2cc(-c3ccncc3)nc(NC(C)C)n2)cc1. The number of methoxy groups -OCH3 is 1. The highest BCUT2D eigenvalue weighted by atomic mass is 16.5. The van der Waals surface area contributed by atoms with Crippen LogP contribution in [0.4, 0.5) is 17.5 Å². The zero-order valence-electron chi connectivity index (χ0n) is 15.4. The molecule has 138 valence electrons. The average Bonchev–Trinajstić information content (AvgIpc) is 2.68. The van der Waals surface area contributed by atoms with E-state index in [2.05, 4.69) is 25.6 Å². The lowest BCUT2D eigenvalue weighted by Gasteiger charge is -2.13. The first-order valence-electron chi connectivity index (χ1n) is 8.56. The first-order valence-corrected chi connectivity index (χ1v) is 8.56. The Kier molecular flexibility index (Phi) is 5.61. The van der Waals surface area contributed by atoms with Crippen LogP contribution in [0.25, 0.3) is 11.3 Å². The van der Waals surface area contributed by atoms with Crippen molar-refractivity contribution in [2.75, 3.05) is 17.7 Å². The molecule has 0 unspecified atom stereocenters. The van der Waals surface area contributed by atoms with Gasteiger partial charge in [-0.05, 0) is 50.2 Å². The summed E-state index contributed by atoms with van der Waals surface area (Å²) >= 11 is 0. The third kappa shape index (κ3) is 4.78. The number of hydrogen-bond acceptors (Lipinski definition) is 7. The van der Waals surface area contributed by atoms with Crippen molar-refractivity contribution in [3.8, 4) is 11.3 Å². The highest BCUT2D eigenvalue weighted by molar-refractivity contribution is 5.89. The number of benzene rings is 1. The van der Waals surface area contributed by atoms with Crippen molar-refractivity contribution < 1.29 is 9.53 Å². The number of esters is 1. The molecule has 2 aromatic heterocycles. The van der Waals surface area contributed by atoms with E-state index in [9.17, 15) is 4.79 Å². The minimum Gasteiger partial charge on any atom is -0.465 e. The van der Waals surface area contributed by atoms with E-state index in [-0.39, 0.29) is 12.0 Å². The fourth-order valence-corrected chi connectivity index (χ4v) is 2.46.